The third kappa shape index (κ3) is 4.89. The second-order valence-corrected chi connectivity index (χ2v) is 8.75. The van der Waals surface area contributed by atoms with Crippen LogP contribution in [0.25, 0.3) is 0 Å². The van der Waals surface area contributed by atoms with Crippen LogP contribution in [0.15, 0.2) is 24.3 Å². The first-order valence-electron chi connectivity index (χ1n) is 11.0. The maximum atomic E-state index is 2.55. The average molecular weight is 345 g/mol. The van der Waals surface area contributed by atoms with Gasteiger partial charge in [0.25, 0.3) is 0 Å². The van der Waals surface area contributed by atoms with Crippen molar-refractivity contribution in [1.82, 2.24) is 0 Å². The molecule has 0 heterocycles. The van der Waals surface area contributed by atoms with Crippen molar-refractivity contribution in [2.75, 3.05) is 0 Å². The molecule has 0 spiro atoms. The van der Waals surface area contributed by atoms with E-state index in [-0.39, 0.29) is 0 Å². The molecule has 0 nitrogen and oxygen atoms in total. The second-order valence-electron chi connectivity index (χ2n) is 8.75. The highest BCUT2D eigenvalue weighted by Gasteiger charge is 2.49. The number of hydrogen-bond acceptors (Lipinski definition) is 0. The van der Waals surface area contributed by atoms with E-state index in [2.05, 4.69) is 65.8 Å². The molecule has 0 aromatic heterocycles. The summed E-state index contributed by atoms with van der Waals surface area (Å²) in [5.74, 6) is 1.55. The Hall–Kier alpha value is -0.780. The molecule has 0 bridgehead atoms. The van der Waals surface area contributed by atoms with Crippen molar-refractivity contribution >= 4 is 0 Å². The van der Waals surface area contributed by atoms with Crippen molar-refractivity contribution in [2.24, 2.45) is 16.7 Å². The Morgan fingerprint density at radius 1 is 0.920 bits per heavy atom. The minimum atomic E-state index is 0.394. The lowest BCUT2D eigenvalue weighted by atomic mass is 9.49. The molecule has 0 amide bonds. The fourth-order valence-electron chi connectivity index (χ4n) is 5.40. The van der Waals surface area contributed by atoms with Crippen LogP contribution in [0.1, 0.15) is 111 Å². The molecule has 1 saturated carbocycles. The number of benzene rings is 1. The maximum Gasteiger partial charge on any atom is -0.0108 e. The molecule has 1 aromatic rings. The van der Waals surface area contributed by atoms with E-state index >= 15 is 0 Å². The van der Waals surface area contributed by atoms with Crippen LogP contribution in [0.2, 0.25) is 0 Å². The third-order valence-corrected chi connectivity index (χ3v) is 6.95. The lowest BCUT2D eigenvalue weighted by Crippen LogP contribution is -2.46. The Kier molecular flexibility index (Phi) is 8.72. The fourth-order valence-corrected chi connectivity index (χ4v) is 5.40. The first kappa shape index (κ1) is 22.3. The first-order chi connectivity index (χ1) is 11.9. The minimum absolute atomic E-state index is 0.394. The molecule has 25 heavy (non-hydrogen) atoms. The standard InChI is InChI=1S/C23H38.C2H6/c1-7-10-18-12-14-19(15-13-18)20-16-17-23(6,9-3)21(11-8-2)22(20,4)5;1-2/h12-15,20-21H,7-11,16-17H2,1-6H3;1-2H3/t20-,21?,23?;/m0./s1. The molecule has 0 saturated heterocycles. The highest BCUT2D eigenvalue weighted by atomic mass is 14.5. The molecule has 0 aliphatic heterocycles. The van der Waals surface area contributed by atoms with Crippen molar-refractivity contribution in [2.45, 2.75) is 106 Å². The van der Waals surface area contributed by atoms with E-state index in [1.807, 2.05) is 13.8 Å². The summed E-state index contributed by atoms with van der Waals surface area (Å²) >= 11 is 0. The van der Waals surface area contributed by atoms with Crippen molar-refractivity contribution in [3.63, 3.8) is 0 Å². The summed E-state index contributed by atoms with van der Waals surface area (Å²) in [6, 6.07) is 9.60. The van der Waals surface area contributed by atoms with E-state index < -0.39 is 0 Å². The van der Waals surface area contributed by atoms with Crippen LogP contribution < -0.4 is 0 Å². The molecule has 0 N–H and O–H groups in total. The molecule has 3 atom stereocenters. The van der Waals surface area contributed by atoms with Gasteiger partial charge in [0.1, 0.15) is 0 Å². The summed E-state index contributed by atoms with van der Waals surface area (Å²) < 4.78 is 0. The van der Waals surface area contributed by atoms with Gasteiger partial charge in [-0.2, -0.15) is 0 Å². The number of hydrogen-bond donors (Lipinski definition) is 0. The highest BCUT2D eigenvalue weighted by Crippen LogP contribution is 2.60. The molecule has 2 unspecified atom stereocenters. The van der Waals surface area contributed by atoms with Gasteiger partial charge in [0.2, 0.25) is 0 Å². The molecular formula is C25H44. The lowest BCUT2D eigenvalue weighted by molar-refractivity contribution is -0.0254. The van der Waals surface area contributed by atoms with E-state index in [9.17, 15) is 0 Å². The predicted molar refractivity (Wildman–Crippen MR) is 114 cm³/mol. The Labute approximate surface area is 158 Å². The Morgan fingerprint density at radius 3 is 2.00 bits per heavy atom. The monoisotopic (exact) mass is 344 g/mol. The van der Waals surface area contributed by atoms with Crippen molar-refractivity contribution in [3.05, 3.63) is 35.4 Å². The molecule has 144 valence electrons. The first-order valence-corrected chi connectivity index (χ1v) is 11.0. The molecule has 1 aromatic carbocycles. The van der Waals surface area contributed by atoms with Gasteiger partial charge in [-0.05, 0) is 59.5 Å². The van der Waals surface area contributed by atoms with E-state index in [1.54, 1.807) is 5.56 Å². The SMILES string of the molecule is CC.CCCc1ccc([C@@H]2CCC(C)(CC)C(CCC)C2(C)C)cc1. The molecule has 1 aliphatic carbocycles. The molecule has 2 rings (SSSR count). The van der Waals surface area contributed by atoms with E-state index in [4.69, 9.17) is 0 Å². The Bertz CT molecular complexity index is 481. The lowest BCUT2D eigenvalue weighted by Gasteiger charge is -2.55. The zero-order chi connectivity index (χ0) is 19.1. The van der Waals surface area contributed by atoms with Crippen molar-refractivity contribution < 1.29 is 0 Å². The summed E-state index contributed by atoms with van der Waals surface area (Å²) in [4.78, 5) is 0. The Balaban J connectivity index is 0.00000151. The van der Waals surface area contributed by atoms with Crippen LogP contribution in [0, 0.1) is 16.7 Å². The molecule has 0 heteroatoms. The minimum Gasteiger partial charge on any atom is -0.0683 e. The summed E-state index contributed by atoms with van der Waals surface area (Å²) in [7, 11) is 0. The van der Waals surface area contributed by atoms with Crippen LogP contribution in [0.5, 0.6) is 0 Å². The third-order valence-electron chi connectivity index (χ3n) is 6.95. The van der Waals surface area contributed by atoms with Gasteiger partial charge in [0.15, 0.2) is 0 Å². The van der Waals surface area contributed by atoms with E-state index in [1.165, 1.54) is 50.5 Å². The van der Waals surface area contributed by atoms with Crippen LogP contribution >= 0.6 is 0 Å². The van der Waals surface area contributed by atoms with Gasteiger partial charge in [-0.3, -0.25) is 0 Å². The summed E-state index contributed by atoms with van der Waals surface area (Å²) in [5, 5.41) is 0. The highest BCUT2D eigenvalue weighted by molar-refractivity contribution is 5.28. The van der Waals surface area contributed by atoms with Gasteiger partial charge in [0, 0.05) is 0 Å². The molecule has 1 aliphatic rings. The average Bonchev–Trinajstić information content (AvgIpc) is 2.62. The zero-order valence-corrected chi connectivity index (χ0v) is 18.4. The van der Waals surface area contributed by atoms with Gasteiger partial charge in [-0.15, -0.1) is 0 Å². The van der Waals surface area contributed by atoms with Crippen LogP contribution in [0.4, 0.5) is 0 Å². The second kappa shape index (κ2) is 9.79. The van der Waals surface area contributed by atoms with Crippen LogP contribution in [-0.2, 0) is 6.42 Å². The number of rotatable bonds is 6. The van der Waals surface area contributed by atoms with Gasteiger partial charge in [0.05, 0.1) is 0 Å². The van der Waals surface area contributed by atoms with E-state index in [0.717, 1.165) is 5.92 Å². The maximum absolute atomic E-state index is 2.55. The summed E-state index contributed by atoms with van der Waals surface area (Å²) in [5.41, 5.74) is 3.99. The fraction of sp³-hybridized carbons (Fsp3) is 0.760. The van der Waals surface area contributed by atoms with Gasteiger partial charge >= 0.3 is 0 Å². The summed E-state index contributed by atoms with van der Waals surface area (Å²) in [6.07, 6.45) is 9.20. The topological polar surface area (TPSA) is 0 Å². The van der Waals surface area contributed by atoms with E-state index in [0.29, 0.717) is 16.7 Å². The smallest absolute Gasteiger partial charge is 0.0108 e. The summed E-state index contributed by atoms with van der Waals surface area (Å²) in [6.45, 7) is 18.7. The largest absolute Gasteiger partial charge is 0.0683 e. The molecule has 0 radical (unpaired) electrons. The zero-order valence-electron chi connectivity index (χ0n) is 18.4. The van der Waals surface area contributed by atoms with Gasteiger partial charge in [-0.25, -0.2) is 0 Å². The number of aryl methyl sites for hydroxylation is 1. The van der Waals surface area contributed by atoms with Gasteiger partial charge < -0.3 is 0 Å². The van der Waals surface area contributed by atoms with Crippen LogP contribution in [0.3, 0.4) is 0 Å². The molecular weight excluding hydrogens is 300 g/mol. The van der Waals surface area contributed by atoms with Gasteiger partial charge in [-0.1, -0.05) is 98.9 Å². The van der Waals surface area contributed by atoms with Crippen LogP contribution in [-0.4, -0.2) is 0 Å². The van der Waals surface area contributed by atoms with Crippen molar-refractivity contribution in [3.8, 4) is 0 Å². The Morgan fingerprint density at radius 2 is 1.52 bits per heavy atom. The van der Waals surface area contributed by atoms with Crippen molar-refractivity contribution in [1.29, 1.82) is 0 Å². The molecule has 1 fully saturated rings. The predicted octanol–water partition coefficient (Wildman–Crippen LogP) is 8.40. The quantitative estimate of drug-likeness (QED) is 0.486. The normalized spacial score (nSPS) is 28.2.